The molecule has 346 valence electrons. The number of hydrogen-bond donors (Lipinski definition) is 3. The molecule has 1 atom stereocenters. The zero-order valence-corrected chi connectivity index (χ0v) is 43.8. The predicted octanol–water partition coefficient (Wildman–Crippen LogP) is 15.3. The van der Waals surface area contributed by atoms with Crippen LogP contribution in [0.3, 0.4) is 0 Å². The van der Waals surface area contributed by atoms with Gasteiger partial charge < -0.3 is 15.0 Å². The van der Waals surface area contributed by atoms with E-state index in [0.29, 0.717) is 0 Å². The highest BCUT2D eigenvalue weighted by Gasteiger charge is 2.39. The Morgan fingerprint density at radius 2 is 1.01 bits per heavy atom. The zero-order valence-electron chi connectivity index (χ0n) is 42.2. The molecule has 9 aromatic rings. The number of aromatic amines is 3. The summed E-state index contributed by atoms with van der Waals surface area (Å²) in [5.74, 6) is 0. The number of H-pyrrole nitrogens is 3. The smallest absolute Gasteiger partial charge is 0.130 e. The molecular formula is C64H63BrN4. The summed E-state index contributed by atoms with van der Waals surface area (Å²) in [6.07, 6.45) is 6.51. The Labute approximate surface area is 415 Å². The summed E-state index contributed by atoms with van der Waals surface area (Å²) in [5.41, 5.74) is 16.4. The summed E-state index contributed by atoms with van der Waals surface area (Å²) in [6, 6.07) is 48.3. The summed E-state index contributed by atoms with van der Waals surface area (Å²) in [7, 11) is 0. The van der Waals surface area contributed by atoms with Crippen molar-refractivity contribution in [1.29, 1.82) is 0 Å². The highest BCUT2D eigenvalue weighted by Crippen LogP contribution is 2.48. The van der Waals surface area contributed by atoms with E-state index >= 15 is 0 Å². The van der Waals surface area contributed by atoms with E-state index in [2.05, 4.69) is 260 Å². The lowest BCUT2D eigenvalue weighted by atomic mass is 9.77. The molecule has 5 heterocycles. The standard InChI is InChI=1S/C64H63BrN4/c1-60(2,3)41-30-40(31-42(32-41)61(4,5)6)58-50-24-20-46(66-50)36-47-21-28-54(67-47)64(65,45-34-43(62(7,8)9)33-44(35-45)63(10,11)12)55-29-27-53(69-55)59(52-26-25-51(58)68-52)49-23-19-39-17-16-37-14-13-15-38-18-22-48(49)57(39)56(37)38/h13-36,67-69H,1-12H3/b46-36-,58-51-,59-52-. The van der Waals surface area contributed by atoms with Crippen molar-refractivity contribution in [1.82, 2.24) is 15.0 Å². The van der Waals surface area contributed by atoms with Gasteiger partial charge in [0, 0.05) is 44.6 Å². The van der Waals surface area contributed by atoms with E-state index in [4.69, 9.17) is 4.99 Å². The number of benzene rings is 6. The Kier molecular flexibility index (Phi) is 10.1. The van der Waals surface area contributed by atoms with Crippen molar-refractivity contribution in [3.63, 3.8) is 0 Å². The number of aliphatic imine (C=N–C) groups is 1. The van der Waals surface area contributed by atoms with E-state index < -0.39 is 4.32 Å². The monoisotopic (exact) mass is 966 g/mol. The lowest BCUT2D eigenvalue weighted by molar-refractivity contribution is 0.565. The molecule has 6 aromatic carbocycles. The normalized spacial score (nSPS) is 19.2. The van der Waals surface area contributed by atoms with Gasteiger partial charge in [-0.3, -0.25) is 0 Å². The van der Waals surface area contributed by atoms with Gasteiger partial charge in [0.1, 0.15) is 4.32 Å². The lowest BCUT2D eigenvalue weighted by Crippen LogP contribution is -2.26. The quantitative estimate of drug-likeness (QED) is 0.117. The molecule has 3 N–H and O–H groups in total. The number of hydrogen-bond acceptors (Lipinski definition) is 1. The van der Waals surface area contributed by atoms with Gasteiger partial charge in [0.05, 0.1) is 11.4 Å². The highest BCUT2D eigenvalue weighted by atomic mass is 79.9. The molecule has 11 rings (SSSR count). The van der Waals surface area contributed by atoms with Crippen molar-refractivity contribution in [3.8, 4) is 0 Å². The number of nitrogens with zero attached hydrogens (tertiary/aromatic N) is 1. The van der Waals surface area contributed by atoms with Gasteiger partial charge in [-0.15, -0.1) is 0 Å². The summed E-state index contributed by atoms with van der Waals surface area (Å²) in [6.45, 7) is 27.7. The molecule has 2 aliphatic rings. The Balaban J connectivity index is 1.27. The van der Waals surface area contributed by atoms with Crippen LogP contribution in [0.15, 0.2) is 150 Å². The van der Waals surface area contributed by atoms with Crippen molar-refractivity contribution < 1.29 is 0 Å². The van der Waals surface area contributed by atoms with Gasteiger partial charge in [-0.1, -0.05) is 190 Å². The zero-order chi connectivity index (χ0) is 48.6. The second kappa shape index (κ2) is 15.5. The van der Waals surface area contributed by atoms with Crippen LogP contribution in [0.4, 0.5) is 0 Å². The van der Waals surface area contributed by atoms with Gasteiger partial charge in [-0.05, 0) is 148 Å². The summed E-state index contributed by atoms with van der Waals surface area (Å²) in [4.78, 5) is 17.5. The fourth-order valence-electron chi connectivity index (χ4n) is 10.5. The Morgan fingerprint density at radius 1 is 0.478 bits per heavy atom. The number of fused-ring (bicyclic) bond motifs is 7. The maximum absolute atomic E-state index is 5.44. The third-order valence-electron chi connectivity index (χ3n) is 14.7. The first-order valence-electron chi connectivity index (χ1n) is 24.5. The van der Waals surface area contributed by atoms with Gasteiger partial charge >= 0.3 is 0 Å². The van der Waals surface area contributed by atoms with Crippen molar-refractivity contribution in [2.45, 2.75) is 109 Å². The van der Waals surface area contributed by atoms with E-state index in [1.54, 1.807) is 0 Å². The van der Waals surface area contributed by atoms with Crippen molar-refractivity contribution in [3.05, 3.63) is 218 Å². The van der Waals surface area contributed by atoms with E-state index in [9.17, 15) is 0 Å². The third-order valence-corrected chi connectivity index (χ3v) is 16.0. The molecule has 5 heteroatoms. The average Bonchev–Trinajstić information content (AvgIpc) is 4.14. The Hall–Kier alpha value is -6.43. The molecule has 3 aromatic heterocycles. The molecule has 0 radical (unpaired) electrons. The van der Waals surface area contributed by atoms with Crippen LogP contribution < -0.4 is 10.7 Å². The number of alkyl halides is 1. The molecule has 2 aliphatic heterocycles. The topological polar surface area (TPSA) is 59.7 Å². The van der Waals surface area contributed by atoms with E-state index in [0.717, 1.165) is 72.7 Å². The molecule has 4 nitrogen and oxygen atoms in total. The fourth-order valence-corrected chi connectivity index (χ4v) is 11.2. The second-order valence-corrected chi connectivity index (χ2v) is 25.0. The van der Waals surface area contributed by atoms with Crippen LogP contribution in [-0.4, -0.2) is 20.7 Å². The van der Waals surface area contributed by atoms with Crippen LogP contribution in [0.1, 0.15) is 145 Å². The number of allylic oxidation sites excluding steroid dienone is 2. The Morgan fingerprint density at radius 3 is 1.64 bits per heavy atom. The molecule has 0 spiro atoms. The predicted molar refractivity (Wildman–Crippen MR) is 297 cm³/mol. The SMILES string of the molecule is CC(C)(C)c1cc(/C2=c3\cc/c([nH]3)=C(\c3ccc4ccc5cccc6ccc3c4c56)c3ccc([nH]3)C(Br)(c3cc(C(C)(C)C)cc(C(C)(C)C)c3)c3ccc([nH]3)/C=C3/C=CC2=N3)cc(C(C)(C)C)c1. The minimum absolute atomic E-state index is 0.0617. The molecule has 69 heavy (non-hydrogen) atoms. The lowest BCUT2D eigenvalue weighted by Gasteiger charge is -2.32. The summed E-state index contributed by atoms with van der Waals surface area (Å²) < 4.78 is -0.779. The molecular weight excluding hydrogens is 905 g/mol. The third kappa shape index (κ3) is 7.69. The van der Waals surface area contributed by atoms with Crippen LogP contribution in [0, 0.1) is 0 Å². The van der Waals surface area contributed by atoms with Gasteiger partial charge in [-0.2, -0.15) is 0 Å². The van der Waals surface area contributed by atoms with Gasteiger partial charge in [0.25, 0.3) is 0 Å². The van der Waals surface area contributed by atoms with Crippen LogP contribution in [0.2, 0.25) is 0 Å². The van der Waals surface area contributed by atoms with Crippen molar-refractivity contribution in [2.75, 3.05) is 0 Å². The summed E-state index contributed by atoms with van der Waals surface area (Å²) in [5, 5.41) is 9.58. The molecule has 0 saturated carbocycles. The van der Waals surface area contributed by atoms with Crippen LogP contribution >= 0.6 is 15.9 Å². The minimum atomic E-state index is -0.779. The number of aromatic nitrogens is 3. The Bertz CT molecular complexity index is 3690. The largest absolute Gasteiger partial charge is 0.357 e. The number of nitrogens with one attached hydrogen (secondary N) is 3. The number of rotatable bonds is 3. The fraction of sp³-hybridized carbons (Fsp3) is 0.266. The van der Waals surface area contributed by atoms with Crippen LogP contribution in [-0.2, 0) is 26.0 Å². The van der Waals surface area contributed by atoms with Crippen molar-refractivity contribution in [2.24, 2.45) is 4.99 Å². The van der Waals surface area contributed by atoms with Crippen LogP contribution in [0.25, 0.3) is 49.5 Å². The average molecular weight is 968 g/mol. The molecule has 0 amide bonds. The second-order valence-electron chi connectivity index (χ2n) is 23.8. The maximum Gasteiger partial charge on any atom is 0.130 e. The van der Waals surface area contributed by atoms with Gasteiger partial charge in [-0.25, -0.2) is 4.99 Å². The summed E-state index contributed by atoms with van der Waals surface area (Å²) >= 11 is 4.54. The molecule has 0 fully saturated rings. The minimum Gasteiger partial charge on any atom is -0.357 e. The molecule has 0 aliphatic carbocycles. The highest BCUT2D eigenvalue weighted by molar-refractivity contribution is 9.10. The molecule has 0 saturated heterocycles. The first kappa shape index (κ1) is 45.0. The maximum atomic E-state index is 5.44. The van der Waals surface area contributed by atoms with E-state index in [1.165, 1.54) is 54.6 Å². The first-order valence-corrected chi connectivity index (χ1v) is 25.3. The van der Waals surface area contributed by atoms with E-state index in [-0.39, 0.29) is 21.7 Å². The van der Waals surface area contributed by atoms with Gasteiger partial charge in [0.2, 0.25) is 0 Å². The molecule has 8 bridgehead atoms. The first-order chi connectivity index (χ1) is 32.5. The van der Waals surface area contributed by atoms with Gasteiger partial charge in [0.15, 0.2) is 0 Å². The van der Waals surface area contributed by atoms with E-state index in [1.807, 2.05) is 0 Å². The number of halogens is 1. The van der Waals surface area contributed by atoms with Crippen molar-refractivity contribution >= 4 is 71.2 Å². The molecule has 1 unspecified atom stereocenters. The van der Waals surface area contributed by atoms with Crippen LogP contribution in [0.5, 0.6) is 0 Å².